The standard InChI is InChI=1S/C13H20Cl2N4O/c14-10-5-11(15)13(19-16)18-12(10)17-6-8-3-1-2-4-9(8)7-20/h5,8-9,20H,1-4,6-7,16H2,(H2,17,18,19). The summed E-state index contributed by atoms with van der Waals surface area (Å²) in [6, 6.07) is 1.61. The Hall–Kier alpha value is -0.750. The Bertz CT molecular complexity index is 458. The number of nitrogens with two attached hydrogens (primary N) is 1. The van der Waals surface area contributed by atoms with Crippen LogP contribution < -0.4 is 16.6 Å². The molecule has 7 heteroatoms. The van der Waals surface area contributed by atoms with Crippen LogP contribution >= 0.6 is 23.2 Å². The van der Waals surface area contributed by atoms with Gasteiger partial charge in [-0.15, -0.1) is 0 Å². The summed E-state index contributed by atoms with van der Waals surface area (Å²) < 4.78 is 0. The van der Waals surface area contributed by atoms with Gasteiger partial charge in [-0.05, 0) is 30.7 Å². The van der Waals surface area contributed by atoms with Crippen molar-refractivity contribution in [2.24, 2.45) is 17.7 Å². The fourth-order valence-electron chi connectivity index (χ4n) is 2.71. The highest BCUT2D eigenvalue weighted by molar-refractivity contribution is 6.37. The van der Waals surface area contributed by atoms with E-state index in [1.165, 1.54) is 12.8 Å². The average Bonchev–Trinajstić information content (AvgIpc) is 2.46. The number of pyridine rings is 1. The first kappa shape index (κ1) is 15.6. The van der Waals surface area contributed by atoms with Gasteiger partial charge < -0.3 is 15.8 Å². The molecule has 112 valence electrons. The van der Waals surface area contributed by atoms with Crippen molar-refractivity contribution in [2.75, 3.05) is 23.9 Å². The summed E-state index contributed by atoms with van der Waals surface area (Å²) in [6.45, 7) is 0.979. The fraction of sp³-hybridized carbons (Fsp3) is 0.615. The normalized spacial score (nSPS) is 22.6. The molecule has 1 saturated carbocycles. The Labute approximate surface area is 128 Å². The van der Waals surface area contributed by atoms with E-state index in [4.69, 9.17) is 29.0 Å². The van der Waals surface area contributed by atoms with Gasteiger partial charge in [0.15, 0.2) is 5.82 Å². The number of aliphatic hydroxyl groups excluding tert-OH is 1. The summed E-state index contributed by atoms with van der Waals surface area (Å²) in [7, 11) is 0. The van der Waals surface area contributed by atoms with Crippen LogP contribution in [0, 0.1) is 11.8 Å². The van der Waals surface area contributed by atoms with Gasteiger partial charge in [0, 0.05) is 13.2 Å². The lowest BCUT2D eigenvalue weighted by atomic mass is 9.79. The van der Waals surface area contributed by atoms with Crippen LogP contribution in [-0.2, 0) is 0 Å². The van der Waals surface area contributed by atoms with Crippen molar-refractivity contribution >= 4 is 34.8 Å². The maximum absolute atomic E-state index is 9.42. The monoisotopic (exact) mass is 318 g/mol. The second-order valence-electron chi connectivity index (χ2n) is 5.16. The van der Waals surface area contributed by atoms with E-state index in [0.717, 1.165) is 19.4 Å². The van der Waals surface area contributed by atoms with Crippen molar-refractivity contribution in [3.63, 3.8) is 0 Å². The van der Waals surface area contributed by atoms with Crippen LogP contribution in [0.5, 0.6) is 0 Å². The van der Waals surface area contributed by atoms with Crippen LogP contribution in [-0.4, -0.2) is 23.2 Å². The van der Waals surface area contributed by atoms with Crippen molar-refractivity contribution in [1.29, 1.82) is 0 Å². The molecule has 0 aromatic carbocycles. The van der Waals surface area contributed by atoms with Crippen molar-refractivity contribution in [3.05, 3.63) is 16.1 Å². The van der Waals surface area contributed by atoms with E-state index in [1.807, 2.05) is 0 Å². The summed E-state index contributed by atoms with van der Waals surface area (Å²) in [5, 5.41) is 13.5. The average molecular weight is 319 g/mol. The predicted octanol–water partition coefficient (Wildman–Crippen LogP) is 2.88. The molecule has 2 unspecified atom stereocenters. The number of nitrogens with zero attached hydrogens (tertiary/aromatic N) is 1. The first-order valence-electron chi connectivity index (χ1n) is 6.83. The van der Waals surface area contributed by atoms with Crippen molar-refractivity contribution in [1.82, 2.24) is 4.98 Å². The number of nitrogens with one attached hydrogen (secondary N) is 2. The summed E-state index contributed by atoms with van der Waals surface area (Å²) in [5.41, 5.74) is 2.44. The molecule has 0 saturated heterocycles. The topological polar surface area (TPSA) is 83.2 Å². The second kappa shape index (κ2) is 7.31. The minimum absolute atomic E-state index is 0.240. The summed E-state index contributed by atoms with van der Waals surface area (Å²) in [6.07, 6.45) is 4.61. The van der Waals surface area contributed by atoms with Crippen LogP contribution in [0.1, 0.15) is 25.7 Å². The van der Waals surface area contributed by atoms with Gasteiger partial charge in [0.05, 0.1) is 10.0 Å². The molecule has 1 fully saturated rings. The van der Waals surface area contributed by atoms with Gasteiger partial charge in [-0.25, -0.2) is 10.8 Å². The van der Waals surface area contributed by atoms with E-state index in [-0.39, 0.29) is 6.61 Å². The Kier molecular flexibility index (Phi) is 5.72. The molecule has 1 aromatic rings. The highest BCUT2D eigenvalue weighted by atomic mass is 35.5. The Morgan fingerprint density at radius 1 is 1.20 bits per heavy atom. The zero-order valence-electron chi connectivity index (χ0n) is 11.2. The Balaban J connectivity index is 2.02. The Morgan fingerprint density at radius 2 is 1.85 bits per heavy atom. The molecule has 1 aliphatic carbocycles. The van der Waals surface area contributed by atoms with Gasteiger partial charge in [-0.1, -0.05) is 36.0 Å². The number of anilines is 2. The molecule has 2 rings (SSSR count). The number of rotatable bonds is 5. The van der Waals surface area contributed by atoms with Gasteiger partial charge in [0.25, 0.3) is 0 Å². The van der Waals surface area contributed by atoms with Gasteiger partial charge in [0.1, 0.15) is 5.82 Å². The molecule has 1 aromatic heterocycles. The van der Waals surface area contributed by atoms with Crippen LogP contribution in [0.25, 0.3) is 0 Å². The van der Waals surface area contributed by atoms with Crippen LogP contribution in [0.4, 0.5) is 11.6 Å². The zero-order chi connectivity index (χ0) is 14.5. The zero-order valence-corrected chi connectivity index (χ0v) is 12.7. The lowest BCUT2D eigenvalue weighted by molar-refractivity contribution is 0.141. The number of hydrazine groups is 1. The molecule has 1 heterocycles. The van der Waals surface area contributed by atoms with Crippen molar-refractivity contribution < 1.29 is 5.11 Å². The van der Waals surface area contributed by atoms with Crippen LogP contribution in [0.2, 0.25) is 10.0 Å². The summed E-state index contributed by atoms with van der Waals surface area (Å²) in [4.78, 5) is 4.25. The molecule has 0 spiro atoms. The number of halogens is 2. The van der Waals surface area contributed by atoms with Crippen molar-refractivity contribution in [3.8, 4) is 0 Å². The first-order chi connectivity index (χ1) is 9.65. The number of hydrogen-bond donors (Lipinski definition) is 4. The molecule has 5 nitrogen and oxygen atoms in total. The van der Waals surface area contributed by atoms with E-state index >= 15 is 0 Å². The van der Waals surface area contributed by atoms with Crippen LogP contribution in [0.3, 0.4) is 0 Å². The molecule has 0 radical (unpaired) electrons. The number of aliphatic hydroxyl groups is 1. The molecule has 0 bridgehead atoms. The van der Waals surface area contributed by atoms with Gasteiger partial charge in [-0.2, -0.15) is 0 Å². The highest BCUT2D eigenvalue weighted by Gasteiger charge is 2.24. The molecular weight excluding hydrogens is 299 g/mol. The predicted molar refractivity (Wildman–Crippen MR) is 83.1 cm³/mol. The SMILES string of the molecule is NNc1nc(NCC2CCCCC2CO)c(Cl)cc1Cl. The molecular formula is C13H20Cl2N4O. The molecule has 0 aliphatic heterocycles. The van der Waals surface area contributed by atoms with Gasteiger partial charge in [0.2, 0.25) is 0 Å². The number of aromatic nitrogens is 1. The van der Waals surface area contributed by atoms with E-state index in [9.17, 15) is 5.11 Å². The lowest BCUT2D eigenvalue weighted by Crippen LogP contribution is -2.29. The third-order valence-electron chi connectivity index (χ3n) is 3.90. The van der Waals surface area contributed by atoms with E-state index in [1.54, 1.807) is 6.07 Å². The summed E-state index contributed by atoms with van der Waals surface area (Å²) >= 11 is 12.1. The molecule has 0 amide bonds. The quantitative estimate of drug-likeness (QED) is 0.495. The third-order valence-corrected chi connectivity index (χ3v) is 4.48. The highest BCUT2D eigenvalue weighted by Crippen LogP contribution is 2.32. The molecule has 5 N–H and O–H groups in total. The van der Waals surface area contributed by atoms with Gasteiger partial charge >= 0.3 is 0 Å². The Morgan fingerprint density at radius 3 is 2.50 bits per heavy atom. The molecule has 2 atom stereocenters. The second-order valence-corrected chi connectivity index (χ2v) is 5.98. The molecule has 1 aliphatic rings. The maximum atomic E-state index is 9.42. The van der Waals surface area contributed by atoms with E-state index < -0.39 is 0 Å². The molecule has 20 heavy (non-hydrogen) atoms. The largest absolute Gasteiger partial charge is 0.396 e. The van der Waals surface area contributed by atoms with Crippen molar-refractivity contribution in [2.45, 2.75) is 25.7 Å². The smallest absolute Gasteiger partial charge is 0.161 e. The summed E-state index contributed by atoms with van der Waals surface area (Å²) in [5.74, 6) is 7.10. The third kappa shape index (κ3) is 3.67. The minimum Gasteiger partial charge on any atom is -0.396 e. The maximum Gasteiger partial charge on any atom is 0.161 e. The van der Waals surface area contributed by atoms with Crippen LogP contribution in [0.15, 0.2) is 6.07 Å². The lowest BCUT2D eigenvalue weighted by Gasteiger charge is -2.30. The number of hydrogen-bond acceptors (Lipinski definition) is 5. The number of nitrogen functional groups attached to an aromatic ring is 1. The van der Waals surface area contributed by atoms with E-state index in [0.29, 0.717) is 33.5 Å². The minimum atomic E-state index is 0.240. The first-order valence-corrected chi connectivity index (χ1v) is 7.58. The van der Waals surface area contributed by atoms with E-state index in [2.05, 4.69) is 15.7 Å². The fourth-order valence-corrected chi connectivity index (χ4v) is 3.19. The van der Waals surface area contributed by atoms with Gasteiger partial charge in [-0.3, -0.25) is 0 Å².